The number of hydrogen-bond donors (Lipinski definition) is 0. The minimum absolute atomic E-state index is 0. The van der Waals surface area contributed by atoms with Crippen LogP contribution in [0.5, 0.6) is 0 Å². The molecule has 0 aromatic heterocycles. The molecule has 0 aliphatic heterocycles. The van der Waals surface area contributed by atoms with Gasteiger partial charge in [-0.25, -0.2) is 0 Å². The van der Waals surface area contributed by atoms with E-state index in [9.17, 15) is 0 Å². The van der Waals surface area contributed by atoms with E-state index in [2.05, 4.69) is 62.4 Å². The van der Waals surface area contributed by atoms with Crippen molar-refractivity contribution < 1.29 is 37.7 Å². The number of hydrogen-bond acceptors (Lipinski definition) is 0. The Bertz CT molecular complexity index is 439. The minimum atomic E-state index is 0. The van der Waals surface area contributed by atoms with Crippen LogP contribution < -0.4 is 37.7 Å². The molecule has 0 saturated heterocycles. The molecule has 3 rings (SSSR count). The zero-order chi connectivity index (χ0) is 11.1. The Kier molecular flexibility index (Phi) is 5.15. The van der Waals surface area contributed by atoms with Crippen molar-refractivity contribution in [1.29, 1.82) is 0 Å². The molecule has 0 atom stereocenters. The molecule has 0 amide bonds. The molecule has 0 saturated carbocycles. The fourth-order valence-electron chi connectivity index (χ4n) is 2.56. The average Bonchev–Trinajstić information content (AvgIpc) is 2.36. The van der Waals surface area contributed by atoms with E-state index in [1.54, 1.807) is 0 Å². The Morgan fingerprint density at radius 3 is 1.00 bits per heavy atom. The van der Waals surface area contributed by atoms with Crippen LogP contribution in [0.3, 0.4) is 0 Å². The van der Waals surface area contributed by atoms with Gasteiger partial charge in [0.2, 0.25) is 0 Å². The van der Waals surface area contributed by atoms with Gasteiger partial charge in [0.1, 0.15) is 0 Å². The second kappa shape index (κ2) is 6.01. The predicted molar refractivity (Wildman–Crippen MR) is 67.1 cm³/mol. The maximum absolute atomic E-state index is 2.21. The van der Waals surface area contributed by atoms with E-state index in [-0.39, 0.29) is 37.7 Å². The molecule has 1 aliphatic carbocycles. The van der Waals surface area contributed by atoms with Gasteiger partial charge in [-0.05, 0) is 0 Å². The normalized spacial score (nSPS) is 11.9. The van der Waals surface area contributed by atoms with Crippen LogP contribution in [0.2, 0.25) is 0 Å². The minimum Gasteiger partial charge on any atom is -0.186 e. The summed E-state index contributed by atoms with van der Waals surface area (Å²) in [6.07, 6.45) is 0. The molecule has 80 valence electrons. The third kappa shape index (κ3) is 2.27. The van der Waals surface area contributed by atoms with E-state index < -0.39 is 0 Å². The first kappa shape index (κ1) is 15.4. The summed E-state index contributed by atoms with van der Waals surface area (Å²) in [6, 6.07) is 17.3. The first-order chi connectivity index (χ1) is 7.79. The van der Waals surface area contributed by atoms with Crippen LogP contribution in [0.25, 0.3) is 0 Å². The van der Waals surface area contributed by atoms with Crippen LogP contribution >= 0.6 is 0 Å². The van der Waals surface area contributed by atoms with E-state index >= 15 is 0 Å². The van der Waals surface area contributed by atoms with Crippen molar-refractivity contribution >= 4 is 0 Å². The van der Waals surface area contributed by atoms with Gasteiger partial charge in [-0.2, -0.15) is 58.4 Å². The van der Waals surface area contributed by atoms with Crippen molar-refractivity contribution in [2.24, 2.45) is 0 Å². The second-order valence-corrected chi connectivity index (χ2v) is 4.34. The van der Waals surface area contributed by atoms with Gasteiger partial charge < -0.3 is 0 Å². The second-order valence-electron chi connectivity index (χ2n) is 4.34. The van der Waals surface area contributed by atoms with Gasteiger partial charge in [-0.1, -0.05) is 13.8 Å². The third-order valence-electron chi connectivity index (χ3n) is 3.47. The van der Waals surface area contributed by atoms with E-state index in [1.165, 1.54) is 34.1 Å². The first-order valence-electron chi connectivity index (χ1n) is 5.65. The maximum atomic E-state index is 2.21. The van der Waals surface area contributed by atoms with E-state index in [0.29, 0.717) is 0 Å². The van der Waals surface area contributed by atoms with Crippen molar-refractivity contribution in [2.75, 3.05) is 0 Å². The summed E-state index contributed by atoms with van der Waals surface area (Å²) in [5.74, 6) is 2.77. The molecule has 2 heteroatoms. The van der Waals surface area contributed by atoms with Crippen molar-refractivity contribution in [2.45, 2.75) is 13.8 Å². The zero-order valence-electron chi connectivity index (χ0n) is 11.6. The predicted octanol–water partition coefficient (Wildman–Crippen LogP) is -2.01. The monoisotopic (exact) mass is 220 g/mol. The third-order valence-corrected chi connectivity index (χ3v) is 3.47. The van der Waals surface area contributed by atoms with Crippen LogP contribution in [0.1, 0.15) is 36.1 Å². The standard InChI is InChI=1S/C16H14.2Li/c1-11-13-7-3-5-9-15(13)12(2)16-10-6-4-8-14(11)16;;/h3-10H,1-2H3;;/q-2;2*+1. The molecule has 2 aromatic carbocycles. The maximum Gasteiger partial charge on any atom is 1.00 e. The summed E-state index contributed by atoms with van der Waals surface area (Å²) in [5, 5.41) is 0. The Balaban J connectivity index is 0.000000810. The van der Waals surface area contributed by atoms with Crippen molar-refractivity contribution in [3.8, 4) is 0 Å². The van der Waals surface area contributed by atoms with Crippen molar-refractivity contribution in [3.05, 3.63) is 82.6 Å². The number of fused-ring (bicyclic) bond motifs is 2. The number of benzene rings is 2. The van der Waals surface area contributed by atoms with Gasteiger partial charge in [-0.15, -0.1) is 24.3 Å². The van der Waals surface area contributed by atoms with Gasteiger partial charge >= 0.3 is 37.7 Å². The topological polar surface area (TPSA) is 0 Å². The molecule has 0 spiro atoms. The summed E-state index contributed by atoms with van der Waals surface area (Å²) in [5.41, 5.74) is 5.50. The zero-order valence-corrected chi connectivity index (χ0v) is 11.6. The Morgan fingerprint density at radius 2 is 0.778 bits per heavy atom. The molecule has 1 aliphatic rings. The Labute approximate surface area is 134 Å². The van der Waals surface area contributed by atoms with Crippen LogP contribution in [0.4, 0.5) is 0 Å². The van der Waals surface area contributed by atoms with Crippen LogP contribution in [-0.2, 0) is 0 Å². The Morgan fingerprint density at radius 1 is 0.556 bits per heavy atom. The van der Waals surface area contributed by atoms with Crippen LogP contribution in [0.15, 0.2) is 48.5 Å². The molecule has 0 unspecified atom stereocenters. The summed E-state index contributed by atoms with van der Waals surface area (Å²) < 4.78 is 0. The molecule has 0 nitrogen and oxygen atoms in total. The SMILES string of the molecule is C[C-]1c2ccccc2[C-](C)c2ccccc21.[Li+].[Li+]. The van der Waals surface area contributed by atoms with Gasteiger partial charge in [-0.3, -0.25) is 0 Å². The van der Waals surface area contributed by atoms with E-state index in [0.717, 1.165) is 0 Å². The first-order valence-corrected chi connectivity index (χ1v) is 5.65. The van der Waals surface area contributed by atoms with Crippen molar-refractivity contribution in [3.63, 3.8) is 0 Å². The van der Waals surface area contributed by atoms with Crippen LogP contribution in [-0.4, -0.2) is 0 Å². The molecule has 0 bridgehead atoms. The summed E-state index contributed by atoms with van der Waals surface area (Å²) in [7, 11) is 0. The average molecular weight is 220 g/mol. The van der Waals surface area contributed by atoms with E-state index in [4.69, 9.17) is 0 Å². The van der Waals surface area contributed by atoms with Crippen molar-refractivity contribution in [1.82, 2.24) is 0 Å². The molecule has 0 heterocycles. The Hall–Kier alpha value is -0.625. The molecule has 0 fully saturated rings. The molecule has 0 N–H and O–H groups in total. The molecule has 2 aromatic rings. The molecular weight excluding hydrogens is 206 g/mol. The fourth-order valence-corrected chi connectivity index (χ4v) is 2.56. The van der Waals surface area contributed by atoms with E-state index in [1.807, 2.05) is 0 Å². The smallest absolute Gasteiger partial charge is 0.186 e. The molecule has 0 radical (unpaired) electrons. The van der Waals surface area contributed by atoms with Gasteiger partial charge in [0.05, 0.1) is 0 Å². The molecular formula is C16H14Li2. The van der Waals surface area contributed by atoms with Gasteiger partial charge in [0, 0.05) is 0 Å². The van der Waals surface area contributed by atoms with Gasteiger partial charge in [0.25, 0.3) is 0 Å². The summed E-state index contributed by atoms with van der Waals surface area (Å²) >= 11 is 0. The summed E-state index contributed by atoms with van der Waals surface area (Å²) in [6.45, 7) is 4.42. The largest absolute Gasteiger partial charge is 1.00 e. The summed E-state index contributed by atoms with van der Waals surface area (Å²) in [4.78, 5) is 0. The quantitative estimate of drug-likeness (QED) is 0.355. The number of rotatable bonds is 0. The molecule has 18 heavy (non-hydrogen) atoms. The fraction of sp³-hybridized carbons (Fsp3) is 0.125. The van der Waals surface area contributed by atoms with Gasteiger partial charge in [0.15, 0.2) is 0 Å². The van der Waals surface area contributed by atoms with Crippen LogP contribution in [0, 0.1) is 11.8 Å².